The lowest BCUT2D eigenvalue weighted by molar-refractivity contribution is -0.121. The normalized spacial score (nSPS) is 10.8. The highest BCUT2D eigenvalue weighted by molar-refractivity contribution is 5.76. The second-order valence-electron chi connectivity index (χ2n) is 7.73. The molecule has 8 heteroatoms. The van der Waals surface area contributed by atoms with Gasteiger partial charge < -0.3 is 14.8 Å². The van der Waals surface area contributed by atoms with Gasteiger partial charge in [-0.1, -0.05) is 30.3 Å². The van der Waals surface area contributed by atoms with E-state index in [1.165, 1.54) is 0 Å². The largest absolute Gasteiger partial charge is 0.497 e. The second-order valence-corrected chi connectivity index (χ2v) is 7.73. The van der Waals surface area contributed by atoms with Crippen LogP contribution in [0, 0.1) is 0 Å². The Balaban J connectivity index is 1.53. The van der Waals surface area contributed by atoms with Crippen molar-refractivity contribution >= 4 is 16.9 Å². The van der Waals surface area contributed by atoms with Gasteiger partial charge in [0, 0.05) is 31.1 Å². The summed E-state index contributed by atoms with van der Waals surface area (Å²) in [4.78, 5) is 34.7. The summed E-state index contributed by atoms with van der Waals surface area (Å²) in [6, 6.07) is 18.5. The van der Waals surface area contributed by atoms with Crippen LogP contribution in [0.5, 0.6) is 11.5 Å². The van der Waals surface area contributed by atoms with Crippen LogP contribution in [-0.2, 0) is 24.3 Å². The fourth-order valence-corrected chi connectivity index (χ4v) is 3.72. The lowest BCUT2D eigenvalue weighted by atomic mass is 10.2. The molecule has 34 heavy (non-hydrogen) atoms. The number of rotatable bonds is 9. The monoisotopic (exact) mass is 458 g/mol. The average molecular weight is 459 g/mol. The number of aromatic nitrogens is 3. The molecule has 1 N–H and O–H groups in total. The molecule has 0 saturated heterocycles. The molecule has 4 rings (SSSR count). The van der Waals surface area contributed by atoms with Crippen LogP contribution in [0.3, 0.4) is 0 Å². The first-order chi connectivity index (χ1) is 16.6. The Morgan fingerprint density at radius 3 is 2.56 bits per heavy atom. The molecule has 2 heterocycles. The Hall–Kier alpha value is -4.20. The molecule has 0 aliphatic heterocycles. The number of nitrogens with one attached hydrogen (secondary N) is 1. The van der Waals surface area contributed by atoms with E-state index in [2.05, 4.69) is 15.3 Å². The quantitative estimate of drug-likeness (QED) is 0.414. The number of para-hydroxylation sites is 1. The maximum atomic E-state index is 13.2. The van der Waals surface area contributed by atoms with E-state index in [4.69, 9.17) is 9.47 Å². The maximum absolute atomic E-state index is 13.2. The van der Waals surface area contributed by atoms with Crippen molar-refractivity contribution in [3.8, 4) is 11.5 Å². The summed E-state index contributed by atoms with van der Waals surface area (Å²) in [5, 5.41) is 3.36. The Bertz CT molecular complexity index is 1350. The molecular formula is C26H26N4O4. The SMILES string of the molecule is COc1ccc(Cn2c(CCC(=O)NCc3ccccc3OC)nc3ncccc3c2=O)cc1. The number of pyridine rings is 1. The van der Waals surface area contributed by atoms with Gasteiger partial charge in [0.05, 0.1) is 26.2 Å². The molecule has 1 amide bonds. The number of fused-ring (bicyclic) bond motifs is 1. The van der Waals surface area contributed by atoms with E-state index in [0.29, 0.717) is 36.4 Å². The van der Waals surface area contributed by atoms with Gasteiger partial charge in [-0.25, -0.2) is 9.97 Å². The topological polar surface area (TPSA) is 95.3 Å². The summed E-state index contributed by atoms with van der Waals surface area (Å²) >= 11 is 0. The highest BCUT2D eigenvalue weighted by Gasteiger charge is 2.14. The molecule has 8 nitrogen and oxygen atoms in total. The number of carbonyl (C=O) groups is 1. The number of methoxy groups -OCH3 is 2. The molecule has 0 spiro atoms. The summed E-state index contributed by atoms with van der Waals surface area (Å²) in [6.45, 7) is 0.688. The van der Waals surface area contributed by atoms with Crippen molar-refractivity contribution in [3.05, 3.63) is 94.2 Å². The van der Waals surface area contributed by atoms with Crippen molar-refractivity contribution in [1.82, 2.24) is 19.9 Å². The standard InChI is InChI=1S/C26H26N4O4/c1-33-20-11-9-18(10-12-20)17-30-23(29-25-21(26(30)32)7-5-15-27-25)13-14-24(31)28-16-19-6-3-4-8-22(19)34-2/h3-12,15H,13-14,16-17H2,1-2H3,(H,28,31). The molecule has 0 aliphatic rings. The number of ether oxygens (including phenoxy) is 2. The van der Waals surface area contributed by atoms with Gasteiger partial charge in [-0.15, -0.1) is 0 Å². The second kappa shape index (κ2) is 10.6. The molecule has 2 aromatic carbocycles. The first kappa shape index (κ1) is 23.0. The van der Waals surface area contributed by atoms with Crippen LogP contribution in [0.15, 0.2) is 71.7 Å². The molecule has 174 valence electrons. The van der Waals surface area contributed by atoms with Gasteiger partial charge in [-0.05, 0) is 35.9 Å². The van der Waals surface area contributed by atoms with Crippen molar-refractivity contribution < 1.29 is 14.3 Å². The molecule has 0 atom stereocenters. The van der Waals surface area contributed by atoms with Crippen molar-refractivity contribution in [2.45, 2.75) is 25.9 Å². The number of benzene rings is 2. The highest BCUT2D eigenvalue weighted by atomic mass is 16.5. The maximum Gasteiger partial charge on any atom is 0.263 e. The predicted molar refractivity (Wildman–Crippen MR) is 129 cm³/mol. The van der Waals surface area contributed by atoms with Crippen molar-refractivity contribution in [2.75, 3.05) is 14.2 Å². The van der Waals surface area contributed by atoms with Crippen LogP contribution < -0.4 is 20.3 Å². The minimum Gasteiger partial charge on any atom is -0.497 e. The third-order valence-electron chi connectivity index (χ3n) is 5.55. The van der Waals surface area contributed by atoms with Crippen LogP contribution in [0.1, 0.15) is 23.4 Å². The van der Waals surface area contributed by atoms with Crippen molar-refractivity contribution in [1.29, 1.82) is 0 Å². The van der Waals surface area contributed by atoms with E-state index in [0.717, 1.165) is 22.6 Å². The van der Waals surface area contributed by atoms with E-state index >= 15 is 0 Å². The fourth-order valence-electron chi connectivity index (χ4n) is 3.72. The first-order valence-corrected chi connectivity index (χ1v) is 10.9. The Labute approximate surface area is 197 Å². The molecule has 2 aromatic heterocycles. The van der Waals surface area contributed by atoms with Gasteiger partial charge in [0.25, 0.3) is 5.56 Å². The summed E-state index contributed by atoms with van der Waals surface area (Å²) < 4.78 is 12.2. The lowest BCUT2D eigenvalue weighted by Crippen LogP contribution is -2.28. The average Bonchev–Trinajstić information content (AvgIpc) is 2.88. The van der Waals surface area contributed by atoms with Gasteiger partial charge >= 0.3 is 0 Å². The smallest absolute Gasteiger partial charge is 0.263 e. The van der Waals surface area contributed by atoms with Gasteiger partial charge in [0.2, 0.25) is 5.91 Å². The summed E-state index contributed by atoms with van der Waals surface area (Å²) in [5.74, 6) is 1.83. The summed E-state index contributed by atoms with van der Waals surface area (Å²) in [7, 11) is 3.21. The number of amides is 1. The van der Waals surface area contributed by atoms with E-state index in [9.17, 15) is 9.59 Å². The van der Waals surface area contributed by atoms with Crippen LogP contribution in [0.4, 0.5) is 0 Å². The van der Waals surface area contributed by atoms with E-state index in [1.807, 2.05) is 48.5 Å². The van der Waals surface area contributed by atoms with E-state index in [1.54, 1.807) is 37.1 Å². The zero-order valence-electron chi connectivity index (χ0n) is 19.2. The van der Waals surface area contributed by atoms with Crippen molar-refractivity contribution in [2.24, 2.45) is 0 Å². The lowest BCUT2D eigenvalue weighted by Gasteiger charge is -2.14. The Morgan fingerprint density at radius 1 is 1.00 bits per heavy atom. The predicted octanol–water partition coefficient (Wildman–Crippen LogP) is 3.11. The minimum absolute atomic E-state index is 0.141. The number of nitrogens with zero attached hydrogens (tertiary/aromatic N) is 3. The van der Waals surface area contributed by atoms with Crippen LogP contribution in [0.25, 0.3) is 11.0 Å². The highest BCUT2D eigenvalue weighted by Crippen LogP contribution is 2.17. The van der Waals surface area contributed by atoms with Crippen LogP contribution in [-0.4, -0.2) is 34.7 Å². The number of hydrogen-bond acceptors (Lipinski definition) is 6. The number of hydrogen-bond donors (Lipinski definition) is 1. The number of aryl methyl sites for hydroxylation is 1. The molecule has 0 aliphatic carbocycles. The van der Waals surface area contributed by atoms with E-state index < -0.39 is 0 Å². The van der Waals surface area contributed by atoms with Crippen molar-refractivity contribution in [3.63, 3.8) is 0 Å². The van der Waals surface area contributed by atoms with Crippen LogP contribution in [0.2, 0.25) is 0 Å². The molecule has 0 unspecified atom stereocenters. The van der Waals surface area contributed by atoms with Gasteiger partial charge in [-0.3, -0.25) is 14.2 Å². The summed E-state index contributed by atoms with van der Waals surface area (Å²) in [6.07, 6.45) is 2.09. The molecule has 0 fully saturated rings. The molecule has 0 radical (unpaired) electrons. The zero-order chi connectivity index (χ0) is 23.9. The summed E-state index contributed by atoms with van der Waals surface area (Å²) in [5.41, 5.74) is 2.01. The molecule has 4 aromatic rings. The Kier molecular flexibility index (Phi) is 7.17. The first-order valence-electron chi connectivity index (χ1n) is 10.9. The molecule has 0 saturated carbocycles. The Morgan fingerprint density at radius 2 is 1.79 bits per heavy atom. The van der Waals surface area contributed by atoms with Gasteiger partial charge in [-0.2, -0.15) is 0 Å². The molecule has 0 bridgehead atoms. The van der Waals surface area contributed by atoms with Crippen LogP contribution >= 0.6 is 0 Å². The third kappa shape index (κ3) is 5.23. The third-order valence-corrected chi connectivity index (χ3v) is 5.55. The zero-order valence-corrected chi connectivity index (χ0v) is 19.2. The fraction of sp³-hybridized carbons (Fsp3) is 0.231. The van der Waals surface area contributed by atoms with Gasteiger partial charge in [0.1, 0.15) is 17.3 Å². The number of carbonyl (C=O) groups excluding carboxylic acids is 1. The minimum atomic E-state index is -0.182. The van der Waals surface area contributed by atoms with E-state index in [-0.39, 0.29) is 17.9 Å². The molecular weight excluding hydrogens is 432 g/mol. The van der Waals surface area contributed by atoms with Gasteiger partial charge in [0.15, 0.2) is 5.65 Å².